The first-order valence-corrected chi connectivity index (χ1v) is 18.3. The minimum atomic E-state index is -5.04. The standard InChI is InChI=1S/C46H29F6N7/c1-26-53-27(2)55-43(54-26)31-18-20-39-37(23-31)35-15-9-10-16-38(35)59(39)40-24-30(32-21-33(45(47,48)49)25-34(22-32)46(50,51)52)17-19-36(40)44-57-41(28-11-5-3-6-12-28)56-42(58-44)29-13-7-4-8-14-29/h3-25H,1-2H3. The van der Waals surface area contributed by atoms with Crippen LogP contribution in [0, 0.1) is 13.8 Å². The SMILES string of the molecule is Cc1nc(C)nc(-c2ccc3c(c2)c2ccccc2n3-c2cc(-c3cc(C(F)(F)F)cc(C(F)(F)F)c3)ccc2-c2nc(-c3ccccc3)nc(-c3ccccc3)n2)n1. The molecule has 0 aliphatic rings. The van der Waals surface area contributed by atoms with E-state index in [1.54, 1.807) is 26.0 Å². The molecule has 59 heavy (non-hydrogen) atoms. The van der Waals surface area contributed by atoms with Crippen molar-refractivity contribution in [1.29, 1.82) is 0 Å². The molecule has 0 spiro atoms. The molecule has 0 bridgehead atoms. The van der Waals surface area contributed by atoms with E-state index < -0.39 is 23.5 Å². The van der Waals surface area contributed by atoms with E-state index in [-0.39, 0.29) is 23.0 Å². The van der Waals surface area contributed by atoms with Crippen LogP contribution < -0.4 is 0 Å². The Hall–Kier alpha value is -7.28. The van der Waals surface area contributed by atoms with Gasteiger partial charge in [-0.1, -0.05) is 84.9 Å². The predicted octanol–water partition coefficient (Wildman–Crippen LogP) is 12.1. The van der Waals surface area contributed by atoms with Crippen molar-refractivity contribution < 1.29 is 26.3 Å². The fourth-order valence-corrected chi connectivity index (χ4v) is 7.25. The molecule has 0 aliphatic carbocycles. The van der Waals surface area contributed by atoms with Crippen LogP contribution in [0.25, 0.3) is 84.2 Å². The van der Waals surface area contributed by atoms with Gasteiger partial charge in [0.2, 0.25) is 0 Å². The van der Waals surface area contributed by atoms with Gasteiger partial charge in [0.1, 0.15) is 11.6 Å². The quantitative estimate of drug-likeness (QED) is 0.156. The minimum absolute atomic E-state index is 0.111. The summed E-state index contributed by atoms with van der Waals surface area (Å²) in [6.45, 7) is 3.57. The maximum Gasteiger partial charge on any atom is 0.416 e. The number of nitrogens with zero attached hydrogens (tertiary/aromatic N) is 7. The number of para-hydroxylation sites is 1. The zero-order valence-electron chi connectivity index (χ0n) is 31.2. The fraction of sp³-hybridized carbons (Fsp3) is 0.0870. The second-order valence-electron chi connectivity index (χ2n) is 13.9. The summed E-state index contributed by atoms with van der Waals surface area (Å²) < 4.78 is 86.7. The Balaban J connectivity index is 1.36. The van der Waals surface area contributed by atoms with Gasteiger partial charge in [0.05, 0.1) is 27.8 Å². The van der Waals surface area contributed by atoms with Crippen molar-refractivity contribution in [3.8, 4) is 62.4 Å². The summed E-state index contributed by atoms with van der Waals surface area (Å²) >= 11 is 0. The van der Waals surface area contributed by atoms with E-state index in [9.17, 15) is 26.3 Å². The number of aromatic nitrogens is 7. The van der Waals surface area contributed by atoms with Gasteiger partial charge in [-0.15, -0.1) is 0 Å². The third-order valence-corrected chi connectivity index (χ3v) is 9.89. The first-order chi connectivity index (χ1) is 28.3. The highest BCUT2D eigenvalue weighted by Gasteiger charge is 2.37. The molecule has 0 amide bonds. The second-order valence-corrected chi connectivity index (χ2v) is 13.9. The van der Waals surface area contributed by atoms with Gasteiger partial charge >= 0.3 is 12.4 Å². The summed E-state index contributed by atoms with van der Waals surface area (Å²) in [7, 11) is 0. The minimum Gasteiger partial charge on any atom is -0.308 e. The maximum absolute atomic E-state index is 14.1. The molecule has 9 rings (SSSR count). The molecule has 3 aromatic heterocycles. The molecule has 0 N–H and O–H groups in total. The number of halogens is 6. The Kier molecular flexibility index (Phi) is 9.03. The molecule has 0 unspecified atom stereocenters. The Bertz CT molecular complexity index is 2940. The molecule has 9 aromatic rings. The van der Waals surface area contributed by atoms with Crippen molar-refractivity contribution in [3.63, 3.8) is 0 Å². The molecule has 0 atom stereocenters. The van der Waals surface area contributed by atoms with Crippen LogP contribution in [0.5, 0.6) is 0 Å². The third kappa shape index (κ3) is 7.15. The van der Waals surface area contributed by atoms with Gasteiger partial charge in [-0.05, 0) is 79.6 Å². The lowest BCUT2D eigenvalue weighted by Gasteiger charge is -2.18. The molecule has 0 aliphatic heterocycles. The first kappa shape index (κ1) is 37.3. The van der Waals surface area contributed by atoms with Crippen molar-refractivity contribution in [3.05, 3.63) is 162 Å². The number of hydrogen-bond acceptors (Lipinski definition) is 6. The molecule has 3 heterocycles. The Morgan fingerprint density at radius 3 is 1.49 bits per heavy atom. The monoisotopic (exact) mass is 793 g/mol. The summed E-state index contributed by atoms with van der Waals surface area (Å²) in [5.74, 6) is 2.56. The lowest BCUT2D eigenvalue weighted by atomic mass is 9.97. The van der Waals surface area contributed by atoms with E-state index in [4.69, 9.17) is 15.0 Å². The van der Waals surface area contributed by atoms with Crippen LogP contribution in [0.15, 0.2) is 140 Å². The van der Waals surface area contributed by atoms with Gasteiger partial charge in [0.15, 0.2) is 23.3 Å². The largest absolute Gasteiger partial charge is 0.416 e. The summed E-state index contributed by atoms with van der Waals surface area (Å²) in [6, 6.07) is 38.2. The van der Waals surface area contributed by atoms with Gasteiger partial charge in [-0.2, -0.15) is 26.3 Å². The summed E-state index contributed by atoms with van der Waals surface area (Å²) in [5.41, 5.74) is 1.41. The van der Waals surface area contributed by atoms with Crippen molar-refractivity contribution in [2.24, 2.45) is 0 Å². The number of alkyl halides is 6. The van der Waals surface area contributed by atoms with E-state index >= 15 is 0 Å². The van der Waals surface area contributed by atoms with Gasteiger partial charge in [-0.25, -0.2) is 29.9 Å². The normalized spacial score (nSPS) is 12.1. The highest BCUT2D eigenvalue weighted by atomic mass is 19.4. The first-order valence-electron chi connectivity index (χ1n) is 18.3. The molecule has 0 saturated heterocycles. The van der Waals surface area contributed by atoms with Gasteiger partial charge < -0.3 is 4.57 Å². The number of aryl methyl sites for hydroxylation is 2. The maximum atomic E-state index is 14.1. The Labute approximate surface area is 332 Å². The molecular formula is C46H29F6N7. The Morgan fingerprint density at radius 2 is 0.898 bits per heavy atom. The molecule has 0 radical (unpaired) electrons. The van der Waals surface area contributed by atoms with Crippen LogP contribution in [0.1, 0.15) is 22.8 Å². The average molecular weight is 794 g/mol. The molecule has 290 valence electrons. The predicted molar refractivity (Wildman–Crippen MR) is 214 cm³/mol. The number of benzene rings is 6. The highest BCUT2D eigenvalue weighted by Crippen LogP contribution is 2.42. The number of hydrogen-bond donors (Lipinski definition) is 0. The van der Waals surface area contributed by atoms with E-state index in [0.29, 0.717) is 62.5 Å². The van der Waals surface area contributed by atoms with Gasteiger partial charge in [0.25, 0.3) is 0 Å². The fourth-order valence-electron chi connectivity index (χ4n) is 7.25. The Morgan fingerprint density at radius 1 is 0.390 bits per heavy atom. The van der Waals surface area contributed by atoms with Crippen molar-refractivity contribution in [1.82, 2.24) is 34.5 Å². The van der Waals surface area contributed by atoms with Crippen molar-refractivity contribution >= 4 is 21.8 Å². The average Bonchev–Trinajstić information content (AvgIpc) is 3.56. The smallest absolute Gasteiger partial charge is 0.308 e. The summed E-state index contributed by atoms with van der Waals surface area (Å²) in [4.78, 5) is 28.1. The van der Waals surface area contributed by atoms with E-state index in [0.717, 1.165) is 28.5 Å². The van der Waals surface area contributed by atoms with Crippen LogP contribution in [0.4, 0.5) is 26.3 Å². The van der Waals surface area contributed by atoms with E-state index in [1.807, 2.05) is 108 Å². The van der Waals surface area contributed by atoms with Crippen LogP contribution in [-0.4, -0.2) is 34.5 Å². The molecule has 6 aromatic carbocycles. The van der Waals surface area contributed by atoms with Gasteiger partial charge in [0, 0.05) is 33.0 Å². The van der Waals surface area contributed by atoms with Gasteiger partial charge in [-0.3, -0.25) is 0 Å². The van der Waals surface area contributed by atoms with Crippen LogP contribution in [0.3, 0.4) is 0 Å². The summed E-state index contributed by atoms with van der Waals surface area (Å²) in [5, 5.41) is 1.63. The van der Waals surface area contributed by atoms with Crippen LogP contribution in [-0.2, 0) is 12.4 Å². The molecule has 7 nitrogen and oxygen atoms in total. The van der Waals surface area contributed by atoms with Crippen LogP contribution >= 0.6 is 0 Å². The topological polar surface area (TPSA) is 82.3 Å². The molecule has 0 saturated carbocycles. The van der Waals surface area contributed by atoms with Crippen LogP contribution in [0.2, 0.25) is 0 Å². The highest BCUT2D eigenvalue weighted by molar-refractivity contribution is 6.11. The van der Waals surface area contributed by atoms with Crippen molar-refractivity contribution in [2.45, 2.75) is 26.2 Å². The van der Waals surface area contributed by atoms with E-state index in [1.165, 1.54) is 6.07 Å². The second kappa shape index (κ2) is 14.3. The lowest BCUT2D eigenvalue weighted by Crippen LogP contribution is -2.11. The molecule has 0 fully saturated rings. The van der Waals surface area contributed by atoms with Crippen molar-refractivity contribution in [2.75, 3.05) is 0 Å². The molecular weight excluding hydrogens is 765 g/mol. The lowest BCUT2D eigenvalue weighted by molar-refractivity contribution is -0.143. The third-order valence-electron chi connectivity index (χ3n) is 9.89. The summed E-state index contributed by atoms with van der Waals surface area (Å²) in [6.07, 6.45) is -10.1. The zero-order chi connectivity index (χ0) is 41.1. The van der Waals surface area contributed by atoms with E-state index in [2.05, 4.69) is 15.0 Å². The number of rotatable bonds is 6. The molecule has 13 heteroatoms. The zero-order valence-corrected chi connectivity index (χ0v) is 31.2. The number of fused-ring (bicyclic) bond motifs is 3.